The van der Waals surface area contributed by atoms with Gasteiger partial charge in [0.15, 0.2) is 0 Å². The lowest BCUT2D eigenvalue weighted by Crippen LogP contribution is -2.41. The van der Waals surface area contributed by atoms with Gasteiger partial charge in [-0.15, -0.1) is 0 Å². The number of rotatable bonds is 5. The van der Waals surface area contributed by atoms with Crippen molar-refractivity contribution < 1.29 is 13.2 Å². The molecule has 1 aromatic carbocycles. The lowest BCUT2D eigenvalue weighted by molar-refractivity contribution is 0.105. The Kier molecular flexibility index (Phi) is 4.36. The Hall–Kier alpha value is -1.11. The fourth-order valence-electron chi connectivity index (χ4n) is 2.38. The topological polar surface area (TPSA) is 67.4 Å². The van der Waals surface area contributed by atoms with Crippen molar-refractivity contribution in [1.82, 2.24) is 4.72 Å². The highest BCUT2D eigenvalue weighted by Gasteiger charge is 2.37. The number of nitrogens with one attached hydrogen (secondary N) is 2. The molecule has 112 valence electrons. The zero-order valence-corrected chi connectivity index (χ0v) is 13.0. The molecule has 0 amide bonds. The van der Waals surface area contributed by atoms with Gasteiger partial charge in [-0.2, -0.15) is 0 Å². The quantitative estimate of drug-likeness (QED) is 0.872. The van der Waals surface area contributed by atoms with Crippen molar-refractivity contribution in [3.05, 3.63) is 24.3 Å². The van der Waals surface area contributed by atoms with Crippen LogP contribution in [-0.2, 0) is 14.8 Å². The summed E-state index contributed by atoms with van der Waals surface area (Å²) in [7, 11) is -3.48. The SMILES string of the molecule is CCNS(=O)(=O)c1ccccc1NC1(C)CCOC1C. The van der Waals surface area contributed by atoms with Crippen LogP contribution in [0.25, 0.3) is 0 Å². The van der Waals surface area contributed by atoms with Crippen LogP contribution in [0.3, 0.4) is 0 Å². The summed E-state index contributed by atoms with van der Waals surface area (Å²) in [6, 6.07) is 6.97. The maximum Gasteiger partial charge on any atom is 0.242 e. The summed E-state index contributed by atoms with van der Waals surface area (Å²) >= 11 is 0. The van der Waals surface area contributed by atoms with Gasteiger partial charge in [0.25, 0.3) is 0 Å². The van der Waals surface area contributed by atoms with Gasteiger partial charge in [-0.05, 0) is 32.4 Å². The van der Waals surface area contributed by atoms with E-state index < -0.39 is 10.0 Å². The molecule has 1 saturated heterocycles. The number of anilines is 1. The Bertz CT molecular complexity index is 574. The van der Waals surface area contributed by atoms with Gasteiger partial charge in [-0.1, -0.05) is 19.1 Å². The number of para-hydroxylation sites is 1. The molecule has 2 unspecified atom stereocenters. The third-order valence-electron chi connectivity index (χ3n) is 3.82. The molecule has 0 aliphatic carbocycles. The molecule has 1 fully saturated rings. The summed E-state index contributed by atoms with van der Waals surface area (Å²) in [6.07, 6.45) is 0.890. The van der Waals surface area contributed by atoms with Gasteiger partial charge in [0.05, 0.1) is 17.3 Å². The van der Waals surface area contributed by atoms with Gasteiger partial charge >= 0.3 is 0 Å². The molecule has 1 aromatic rings. The molecule has 2 N–H and O–H groups in total. The lowest BCUT2D eigenvalue weighted by atomic mass is 9.94. The molecular formula is C14H22N2O3S. The van der Waals surface area contributed by atoms with Gasteiger partial charge in [0.2, 0.25) is 10.0 Å². The predicted octanol–water partition coefficient (Wildman–Crippen LogP) is 1.96. The number of hydrogen-bond acceptors (Lipinski definition) is 4. The molecule has 0 spiro atoms. The standard InChI is InChI=1S/C14H22N2O3S/c1-4-15-20(17,18)13-8-6-5-7-12(13)16-14(3)9-10-19-11(14)2/h5-8,11,15-16H,4,9-10H2,1-3H3. The molecule has 5 nitrogen and oxygen atoms in total. The Morgan fingerprint density at radius 3 is 2.70 bits per heavy atom. The molecular weight excluding hydrogens is 276 g/mol. The summed E-state index contributed by atoms with van der Waals surface area (Å²) in [5, 5.41) is 3.36. The summed E-state index contributed by atoms with van der Waals surface area (Å²) in [6.45, 7) is 6.88. The van der Waals surface area contributed by atoms with E-state index in [1.54, 1.807) is 25.1 Å². The predicted molar refractivity (Wildman–Crippen MR) is 79.4 cm³/mol. The van der Waals surface area contributed by atoms with Crippen LogP contribution in [0.15, 0.2) is 29.2 Å². The normalized spacial score (nSPS) is 26.6. The minimum atomic E-state index is -3.48. The second kappa shape index (κ2) is 5.71. The molecule has 1 heterocycles. The first-order valence-corrected chi connectivity index (χ1v) is 8.36. The van der Waals surface area contributed by atoms with Crippen molar-refractivity contribution in [2.24, 2.45) is 0 Å². The van der Waals surface area contributed by atoms with E-state index in [9.17, 15) is 8.42 Å². The van der Waals surface area contributed by atoms with Crippen LogP contribution >= 0.6 is 0 Å². The van der Waals surface area contributed by atoms with Crippen LogP contribution in [0.2, 0.25) is 0 Å². The van der Waals surface area contributed by atoms with Gasteiger partial charge in [-0.25, -0.2) is 13.1 Å². The van der Waals surface area contributed by atoms with Crippen LogP contribution in [0.4, 0.5) is 5.69 Å². The summed E-state index contributed by atoms with van der Waals surface area (Å²) in [4.78, 5) is 0.280. The second-order valence-corrected chi connectivity index (χ2v) is 7.04. The van der Waals surface area contributed by atoms with Crippen LogP contribution < -0.4 is 10.0 Å². The van der Waals surface area contributed by atoms with E-state index in [0.717, 1.165) is 6.42 Å². The van der Waals surface area contributed by atoms with Crippen molar-refractivity contribution in [2.75, 3.05) is 18.5 Å². The number of hydrogen-bond donors (Lipinski definition) is 2. The van der Waals surface area contributed by atoms with E-state index in [-0.39, 0.29) is 16.5 Å². The summed E-state index contributed by atoms with van der Waals surface area (Å²) in [5.41, 5.74) is 0.367. The largest absolute Gasteiger partial charge is 0.376 e. The van der Waals surface area contributed by atoms with Crippen molar-refractivity contribution in [3.63, 3.8) is 0 Å². The van der Waals surface area contributed by atoms with E-state index >= 15 is 0 Å². The summed E-state index contributed by atoms with van der Waals surface area (Å²) in [5.74, 6) is 0. The van der Waals surface area contributed by atoms with Crippen LogP contribution in [-0.4, -0.2) is 33.2 Å². The minimum absolute atomic E-state index is 0.0393. The Labute approximate surface area is 120 Å². The number of benzene rings is 1. The lowest BCUT2D eigenvalue weighted by Gasteiger charge is -2.31. The molecule has 0 radical (unpaired) electrons. The fraction of sp³-hybridized carbons (Fsp3) is 0.571. The minimum Gasteiger partial charge on any atom is -0.376 e. The second-order valence-electron chi connectivity index (χ2n) is 5.30. The van der Waals surface area contributed by atoms with Crippen LogP contribution in [0.1, 0.15) is 27.2 Å². The third-order valence-corrected chi connectivity index (χ3v) is 5.42. The Balaban J connectivity index is 2.34. The van der Waals surface area contributed by atoms with Crippen molar-refractivity contribution in [1.29, 1.82) is 0 Å². The van der Waals surface area contributed by atoms with E-state index in [4.69, 9.17) is 4.74 Å². The highest BCUT2D eigenvalue weighted by molar-refractivity contribution is 7.89. The number of ether oxygens (including phenoxy) is 1. The fourth-order valence-corrected chi connectivity index (χ4v) is 3.58. The molecule has 0 bridgehead atoms. The third kappa shape index (κ3) is 2.97. The molecule has 2 atom stereocenters. The first kappa shape index (κ1) is 15.3. The van der Waals surface area contributed by atoms with E-state index in [1.807, 2.05) is 13.0 Å². The van der Waals surface area contributed by atoms with Crippen molar-refractivity contribution in [3.8, 4) is 0 Å². The average molecular weight is 298 g/mol. The number of sulfonamides is 1. The first-order valence-electron chi connectivity index (χ1n) is 6.87. The molecule has 6 heteroatoms. The van der Waals surface area contributed by atoms with E-state index in [1.165, 1.54) is 0 Å². The molecule has 0 saturated carbocycles. The Morgan fingerprint density at radius 1 is 1.40 bits per heavy atom. The van der Waals surface area contributed by atoms with E-state index in [2.05, 4.69) is 17.0 Å². The van der Waals surface area contributed by atoms with Gasteiger partial charge in [-0.3, -0.25) is 0 Å². The first-order chi connectivity index (χ1) is 9.39. The highest BCUT2D eigenvalue weighted by Crippen LogP contribution is 2.32. The maximum absolute atomic E-state index is 12.2. The van der Waals surface area contributed by atoms with Gasteiger partial charge in [0.1, 0.15) is 4.90 Å². The monoisotopic (exact) mass is 298 g/mol. The van der Waals surface area contributed by atoms with Crippen molar-refractivity contribution >= 4 is 15.7 Å². The van der Waals surface area contributed by atoms with Gasteiger partial charge in [0, 0.05) is 13.2 Å². The average Bonchev–Trinajstić information content (AvgIpc) is 2.70. The molecule has 20 heavy (non-hydrogen) atoms. The zero-order chi connectivity index (χ0) is 14.8. The van der Waals surface area contributed by atoms with Crippen LogP contribution in [0, 0.1) is 0 Å². The molecule has 1 aliphatic heterocycles. The van der Waals surface area contributed by atoms with Crippen molar-refractivity contribution in [2.45, 2.75) is 43.7 Å². The summed E-state index contributed by atoms with van der Waals surface area (Å²) < 4.78 is 32.6. The van der Waals surface area contributed by atoms with Gasteiger partial charge < -0.3 is 10.1 Å². The molecule has 2 rings (SSSR count). The molecule has 1 aliphatic rings. The maximum atomic E-state index is 12.2. The smallest absolute Gasteiger partial charge is 0.242 e. The van der Waals surface area contributed by atoms with E-state index in [0.29, 0.717) is 18.8 Å². The zero-order valence-electron chi connectivity index (χ0n) is 12.1. The molecule has 0 aromatic heterocycles. The van der Waals surface area contributed by atoms with Crippen LogP contribution in [0.5, 0.6) is 0 Å². The Morgan fingerprint density at radius 2 is 2.10 bits per heavy atom. The highest BCUT2D eigenvalue weighted by atomic mass is 32.2.